The Balaban J connectivity index is 1.80. The molecule has 0 bridgehead atoms. The van der Waals surface area contributed by atoms with Crippen LogP contribution in [-0.2, 0) is 0 Å². The fraction of sp³-hybridized carbons (Fsp3) is 0.533. The quantitative estimate of drug-likeness (QED) is 0.865. The van der Waals surface area contributed by atoms with Crippen molar-refractivity contribution in [2.75, 3.05) is 31.7 Å². The monoisotopic (exact) mass is 292 g/mol. The highest BCUT2D eigenvalue weighted by Gasteiger charge is 2.22. The number of benzene rings is 1. The highest BCUT2D eigenvalue weighted by molar-refractivity contribution is 7.99. The number of aliphatic hydroxyl groups is 1. The minimum absolute atomic E-state index is 0.211. The lowest BCUT2D eigenvalue weighted by atomic mass is 10.2. The largest absolute Gasteiger partial charge is 0.489 e. The van der Waals surface area contributed by atoms with Gasteiger partial charge in [0.1, 0.15) is 24.5 Å². The number of para-hydroxylation sites is 1. The van der Waals surface area contributed by atoms with E-state index < -0.39 is 6.10 Å². The molecule has 2 rings (SSSR count). The molecule has 1 saturated heterocycles. The molecular weight excluding hydrogens is 272 g/mol. The molecule has 0 aromatic heterocycles. The summed E-state index contributed by atoms with van der Waals surface area (Å²) in [6.45, 7) is 0.808. The van der Waals surface area contributed by atoms with Gasteiger partial charge in [0.15, 0.2) is 0 Å². The molecule has 1 N–H and O–H groups in total. The maximum atomic E-state index is 10.0. The summed E-state index contributed by atoms with van der Waals surface area (Å²) in [5.41, 5.74) is 0.500. The van der Waals surface area contributed by atoms with Crippen molar-refractivity contribution >= 4 is 11.8 Å². The summed E-state index contributed by atoms with van der Waals surface area (Å²) in [6.07, 6.45) is 0.642. The minimum Gasteiger partial charge on any atom is -0.489 e. The van der Waals surface area contributed by atoms with Gasteiger partial charge < -0.3 is 9.84 Å². The molecule has 2 atom stereocenters. The zero-order chi connectivity index (χ0) is 14.4. The Bertz CT molecular complexity index is 469. The SMILES string of the molecule is CN(CC(O)COc1ccccc1C#N)C1CCSC1. The Morgan fingerprint density at radius 2 is 2.35 bits per heavy atom. The number of hydrogen-bond acceptors (Lipinski definition) is 5. The van der Waals surface area contributed by atoms with Gasteiger partial charge in [0, 0.05) is 18.3 Å². The average molecular weight is 292 g/mol. The highest BCUT2D eigenvalue weighted by atomic mass is 32.2. The van der Waals surface area contributed by atoms with Crippen LogP contribution in [0.25, 0.3) is 0 Å². The first-order chi connectivity index (χ1) is 9.70. The minimum atomic E-state index is -0.544. The van der Waals surface area contributed by atoms with Gasteiger partial charge in [-0.05, 0) is 31.4 Å². The molecule has 0 radical (unpaired) electrons. The standard InChI is InChI=1S/C15H20N2O2S/c1-17(13-6-7-20-11-13)9-14(18)10-19-15-5-3-2-4-12(15)8-16/h2-5,13-14,18H,6-7,9-11H2,1H3. The van der Waals surface area contributed by atoms with Gasteiger partial charge in [-0.25, -0.2) is 0 Å². The summed E-state index contributed by atoms with van der Waals surface area (Å²) in [5.74, 6) is 2.88. The number of aliphatic hydroxyl groups excluding tert-OH is 1. The molecule has 4 nitrogen and oxygen atoms in total. The molecule has 1 aliphatic heterocycles. The van der Waals surface area contributed by atoms with Gasteiger partial charge in [0.25, 0.3) is 0 Å². The molecule has 2 unspecified atom stereocenters. The second-order valence-electron chi connectivity index (χ2n) is 5.03. The Morgan fingerprint density at radius 1 is 1.55 bits per heavy atom. The van der Waals surface area contributed by atoms with Gasteiger partial charge in [0.05, 0.1) is 5.56 Å². The van der Waals surface area contributed by atoms with Crippen LogP contribution >= 0.6 is 11.8 Å². The van der Waals surface area contributed by atoms with Gasteiger partial charge in [-0.15, -0.1) is 0 Å². The Kier molecular flexibility index (Phi) is 5.72. The lowest BCUT2D eigenvalue weighted by Crippen LogP contribution is -2.39. The van der Waals surface area contributed by atoms with Crippen LogP contribution in [0.2, 0.25) is 0 Å². The van der Waals surface area contributed by atoms with Gasteiger partial charge >= 0.3 is 0 Å². The molecule has 5 heteroatoms. The number of nitriles is 1. The molecule has 1 heterocycles. The third-order valence-corrected chi connectivity index (χ3v) is 4.61. The smallest absolute Gasteiger partial charge is 0.137 e. The highest BCUT2D eigenvalue weighted by Crippen LogP contribution is 2.21. The predicted molar refractivity (Wildman–Crippen MR) is 81.0 cm³/mol. The normalized spacial score (nSPS) is 19.8. The first-order valence-electron chi connectivity index (χ1n) is 6.78. The Morgan fingerprint density at radius 3 is 3.05 bits per heavy atom. The van der Waals surface area contributed by atoms with Crippen LogP contribution in [0.1, 0.15) is 12.0 Å². The van der Waals surface area contributed by atoms with Crippen molar-refractivity contribution in [1.29, 1.82) is 5.26 Å². The maximum absolute atomic E-state index is 10.0. The maximum Gasteiger partial charge on any atom is 0.137 e. The molecule has 1 aromatic carbocycles. The van der Waals surface area contributed by atoms with E-state index >= 15 is 0 Å². The van der Waals surface area contributed by atoms with Crippen molar-refractivity contribution in [1.82, 2.24) is 4.90 Å². The molecule has 0 saturated carbocycles. The fourth-order valence-electron chi connectivity index (χ4n) is 2.27. The average Bonchev–Trinajstić information content (AvgIpc) is 2.99. The second-order valence-corrected chi connectivity index (χ2v) is 6.18. The Labute approximate surface area is 124 Å². The van der Waals surface area contributed by atoms with E-state index in [0.717, 1.165) is 5.75 Å². The summed E-state index contributed by atoms with van der Waals surface area (Å²) >= 11 is 1.96. The molecule has 0 amide bonds. The second kappa shape index (κ2) is 7.53. The van der Waals surface area contributed by atoms with Gasteiger partial charge in [-0.3, -0.25) is 4.90 Å². The van der Waals surface area contributed by atoms with Crippen LogP contribution in [-0.4, -0.2) is 53.9 Å². The molecule has 108 valence electrons. The van der Waals surface area contributed by atoms with Gasteiger partial charge in [0.2, 0.25) is 0 Å². The van der Waals surface area contributed by atoms with Crippen molar-refractivity contribution in [3.63, 3.8) is 0 Å². The molecule has 0 spiro atoms. The number of rotatable bonds is 6. The van der Waals surface area contributed by atoms with E-state index in [0.29, 0.717) is 23.9 Å². The number of thioether (sulfide) groups is 1. The van der Waals surface area contributed by atoms with E-state index in [1.165, 1.54) is 12.2 Å². The summed E-state index contributed by atoms with van der Waals surface area (Å²) in [5, 5.41) is 19.0. The zero-order valence-corrected chi connectivity index (χ0v) is 12.5. The third-order valence-electron chi connectivity index (χ3n) is 3.47. The first-order valence-corrected chi connectivity index (χ1v) is 7.94. The summed E-state index contributed by atoms with van der Waals surface area (Å²) in [7, 11) is 2.04. The van der Waals surface area contributed by atoms with Crippen LogP contribution < -0.4 is 4.74 Å². The predicted octanol–water partition coefficient (Wildman–Crippen LogP) is 1.74. The molecule has 1 aliphatic rings. The number of hydrogen-bond donors (Lipinski definition) is 1. The first kappa shape index (κ1) is 15.2. The molecular formula is C15H20N2O2S. The van der Waals surface area contributed by atoms with Gasteiger partial charge in [-0.2, -0.15) is 17.0 Å². The summed E-state index contributed by atoms with van der Waals surface area (Å²) in [4.78, 5) is 2.20. The number of nitrogens with zero attached hydrogens (tertiary/aromatic N) is 2. The van der Waals surface area contributed by atoms with E-state index in [9.17, 15) is 5.11 Å². The van der Waals surface area contributed by atoms with Crippen LogP contribution in [0.4, 0.5) is 0 Å². The van der Waals surface area contributed by atoms with E-state index in [1.807, 2.05) is 24.9 Å². The molecule has 20 heavy (non-hydrogen) atoms. The summed E-state index contributed by atoms with van der Waals surface area (Å²) in [6, 6.07) is 9.73. The van der Waals surface area contributed by atoms with Crippen molar-refractivity contribution in [3.05, 3.63) is 29.8 Å². The lowest BCUT2D eigenvalue weighted by Gasteiger charge is -2.26. The van der Waals surface area contributed by atoms with E-state index in [2.05, 4.69) is 11.0 Å². The topological polar surface area (TPSA) is 56.5 Å². The van der Waals surface area contributed by atoms with Crippen LogP contribution in [0.15, 0.2) is 24.3 Å². The zero-order valence-electron chi connectivity index (χ0n) is 11.7. The van der Waals surface area contributed by atoms with Crippen molar-refractivity contribution in [2.24, 2.45) is 0 Å². The van der Waals surface area contributed by atoms with Crippen LogP contribution in [0.5, 0.6) is 5.75 Å². The Hall–Kier alpha value is -1.22. The van der Waals surface area contributed by atoms with E-state index in [1.54, 1.807) is 18.2 Å². The van der Waals surface area contributed by atoms with Gasteiger partial charge in [-0.1, -0.05) is 12.1 Å². The molecule has 1 fully saturated rings. The van der Waals surface area contributed by atoms with Crippen molar-refractivity contribution in [2.45, 2.75) is 18.6 Å². The molecule has 0 aliphatic carbocycles. The van der Waals surface area contributed by atoms with E-state index in [4.69, 9.17) is 10.00 Å². The number of likely N-dealkylation sites (N-methyl/N-ethyl adjacent to an activating group) is 1. The summed E-state index contributed by atoms with van der Waals surface area (Å²) < 4.78 is 5.55. The van der Waals surface area contributed by atoms with Crippen LogP contribution in [0.3, 0.4) is 0 Å². The number of ether oxygens (including phenoxy) is 1. The van der Waals surface area contributed by atoms with Crippen molar-refractivity contribution in [3.8, 4) is 11.8 Å². The van der Waals surface area contributed by atoms with Crippen LogP contribution in [0, 0.1) is 11.3 Å². The fourth-order valence-corrected chi connectivity index (χ4v) is 3.57. The molecule has 1 aromatic rings. The third kappa shape index (κ3) is 4.14. The van der Waals surface area contributed by atoms with E-state index in [-0.39, 0.29) is 6.61 Å². The van der Waals surface area contributed by atoms with Crippen molar-refractivity contribution < 1.29 is 9.84 Å². The lowest BCUT2D eigenvalue weighted by molar-refractivity contribution is 0.0663.